The van der Waals surface area contributed by atoms with Gasteiger partial charge in [0.15, 0.2) is 5.78 Å². The van der Waals surface area contributed by atoms with E-state index >= 15 is 0 Å². The molecule has 0 aliphatic carbocycles. The molecule has 7 heteroatoms. The van der Waals surface area contributed by atoms with E-state index in [1.807, 2.05) is 42.5 Å². The third kappa shape index (κ3) is 2.36. The maximum atomic E-state index is 14.6. The fourth-order valence-electron chi connectivity index (χ4n) is 7.29. The van der Waals surface area contributed by atoms with Crippen LogP contribution in [0.4, 0.5) is 11.4 Å². The van der Waals surface area contributed by atoms with E-state index in [1.54, 1.807) is 30.3 Å². The summed E-state index contributed by atoms with van der Waals surface area (Å²) in [6, 6.07) is 21.6. The van der Waals surface area contributed by atoms with E-state index in [1.165, 1.54) is 0 Å². The molecule has 0 aromatic heterocycles. The van der Waals surface area contributed by atoms with Crippen LogP contribution in [0.25, 0.3) is 0 Å². The van der Waals surface area contributed by atoms with Crippen LogP contribution in [0.3, 0.4) is 0 Å². The van der Waals surface area contributed by atoms with Crippen molar-refractivity contribution in [2.45, 2.75) is 29.8 Å². The second-order valence-corrected chi connectivity index (χ2v) is 10.2. The van der Waals surface area contributed by atoms with Gasteiger partial charge in [0, 0.05) is 33.6 Å². The standard InChI is InChI=1S/C28H22ClN3O3/c29-17-12-13-21-19(15-17)28(26(35)31-21)24(23(33)16-7-2-1-3-8-16)27(22-11-6-14-32(22)28)18-9-4-5-10-20(18)30-25(27)34/h1-5,7-10,12-13,15,22,24H,6,11,14H2,(H,30,34)(H,31,35)/t22-,24+,27-,28-/m0/s1. The number of amides is 2. The molecule has 35 heavy (non-hydrogen) atoms. The second-order valence-electron chi connectivity index (χ2n) is 9.79. The van der Waals surface area contributed by atoms with Crippen molar-refractivity contribution in [2.24, 2.45) is 5.92 Å². The molecule has 2 amide bonds. The molecule has 4 aliphatic heterocycles. The van der Waals surface area contributed by atoms with Crippen LogP contribution in [0.2, 0.25) is 5.02 Å². The highest BCUT2D eigenvalue weighted by Crippen LogP contribution is 2.66. The molecule has 4 atom stereocenters. The van der Waals surface area contributed by atoms with E-state index in [4.69, 9.17) is 11.6 Å². The number of hydrogen-bond donors (Lipinski definition) is 2. The van der Waals surface area contributed by atoms with Crippen molar-refractivity contribution >= 4 is 40.6 Å². The zero-order valence-corrected chi connectivity index (χ0v) is 19.5. The number of fused-ring (bicyclic) bond motifs is 7. The Morgan fingerprint density at radius 1 is 0.886 bits per heavy atom. The lowest BCUT2D eigenvalue weighted by atomic mass is 9.60. The molecule has 174 valence electrons. The number of rotatable bonds is 2. The number of nitrogens with zero attached hydrogens (tertiary/aromatic N) is 1. The molecule has 7 rings (SSSR count). The summed E-state index contributed by atoms with van der Waals surface area (Å²) in [5.74, 6) is -1.67. The van der Waals surface area contributed by atoms with Crippen molar-refractivity contribution in [3.05, 3.63) is 94.5 Å². The van der Waals surface area contributed by atoms with Crippen molar-refractivity contribution in [3.8, 4) is 0 Å². The summed E-state index contributed by atoms with van der Waals surface area (Å²) in [6.45, 7) is 0.611. The van der Waals surface area contributed by atoms with Crippen LogP contribution in [0.15, 0.2) is 72.8 Å². The van der Waals surface area contributed by atoms with Gasteiger partial charge in [0.2, 0.25) is 11.8 Å². The molecular weight excluding hydrogens is 462 g/mol. The van der Waals surface area contributed by atoms with Crippen molar-refractivity contribution in [1.82, 2.24) is 4.90 Å². The Labute approximate surface area is 207 Å². The van der Waals surface area contributed by atoms with Crippen LogP contribution in [0.1, 0.15) is 34.3 Å². The maximum Gasteiger partial charge on any atom is 0.250 e. The van der Waals surface area contributed by atoms with E-state index in [2.05, 4.69) is 15.5 Å². The Morgan fingerprint density at radius 2 is 1.60 bits per heavy atom. The Morgan fingerprint density at radius 3 is 2.43 bits per heavy atom. The van der Waals surface area contributed by atoms with Gasteiger partial charge in [0.05, 0.1) is 5.92 Å². The number of benzene rings is 3. The minimum Gasteiger partial charge on any atom is -0.325 e. The molecule has 3 aromatic carbocycles. The number of hydrogen-bond acceptors (Lipinski definition) is 4. The van der Waals surface area contributed by atoms with Crippen molar-refractivity contribution in [2.75, 3.05) is 17.2 Å². The molecule has 3 aromatic rings. The summed E-state index contributed by atoms with van der Waals surface area (Å²) >= 11 is 6.46. The summed E-state index contributed by atoms with van der Waals surface area (Å²) in [5.41, 5.74) is 0.737. The molecule has 6 nitrogen and oxygen atoms in total. The van der Waals surface area contributed by atoms with Crippen LogP contribution in [-0.2, 0) is 20.5 Å². The molecule has 0 unspecified atom stereocenters. The highest BCUT2D eigenvalue weighted by molar-refractivity contribution is 6.31. The normalized spacial score (nSPS) is 30.3. The number of anilines is 2. The number of carbonyl (C=O) groups is 3. The predicted octanol–water partition coefficient (Wildman–Crippen LogP) is 4.35. The number of ketones is 1. The molecule has 0 saturated carbocycles. The van der Waals surface area contributed by atoms with E-state index < -0.39 is 16.9 Å². The lowest BCUT2D eigenvalue weighted by Gasteiger charge is -2.38. The van der Waals surface area contributed by atoms with Gasteiger partial charge in [0.1, 0.15) is 11.0 Å². The number of Topliss-reactive ketones (excluding diaryl/α,β-unsaturated/α-hetero) is 1. The summed E-state index contributed by atoms with van der Waals surface area (Å²) in [5, 5.41) is 6.57. The predicted molar refractivity (Wildman–Crippen MR) is 132 cm³/mol. The zero-order chi connectivity index (χ0) is 23.9. The quantitative estimate of drug-likeness (QED) is 0.531. The SMILES string of the molecule is O=C(c1ccccc1)[C@@H]1[C@@]2(C(=O)Nc3ccccc32)[C@@H]2CCCN2[C@]12C(=O)Nc1ccc(Cl)cc12. The third-order valence-electron chi connectivity index (χ3n) is 8.41. The minimum absolute atomic E-state index is 0.213. The first-order valence-corrected chi connectivity index (χ1v) is 12.3. The lowest BCUT2D eigenvalue weighted by molar-refractivity contribution is -0.128. The summed E-state index contributed by atoms with van der Waals surface area (Å²) in [7, 11) is 0. The summed E-state index contributed by atoms with van der Waals surface area (Å²) in [6.07, 6.45) is 1.55. The average molecular weight is 484 g/mol. The van der Waals surface area contributed by atoms with Gasteiger partial charge >= 0.3 is 0 Å². The van der Waals surface area contributed by atoms with Gasteiger partial charge in [0.25, 0.3) is 0 Å². The average Bonchev–Trinajstić information content (AvgIpc) is 3.59. The Balaban J connectivity index is 1.60. The molecule has 4 aliphatic rings. The van der Waals surface area contributed by atoms with Gasteiger partial charge in [-0.3, -0.25) is 19.3 Å². The number of carbonyl (C=O) groups excluding carboxylic acids is 3. The van der Waals surface area contributed by atoms with Gasteiger partial charge in [-0.25, -0.2) is 0 Å². The number of halogens is 1. The van der Waals surface area contributed by atoms with E-state index in [0.717, 1.165) is 12.0 Å². The van der Waals surface area contributed by atoms with Gasteiger partial charge in [-0.05, 0) is 49.2 Å². The van der Waals surface area contributed by atoms with Crippen molar-refractivity contribution in [1.29, 1.82) is 0 Å². The van der Waals surface area contributed by atoms with Gasteiger partial charge in [-0.1, -0.05) is 60.1 Å². The van der Waals surface area contributed by atoms with Crippen LogP contribution in [0.5, 0.6) is 0 Å². The summed E-state index contributed by atoms with van der Waals surface area (Å²) in [4.78, 5) is 45.0. The maximum absolute atomic E-state index is 14.6. The van der Waals surface area contributed by atoms with Crippen LogP contribution in [0, 0.1) is 5.92 Å². The van der Waals surface area contributed by atoms with E-state index in [-0.39, 0.29) is 23.6 Å². The number of para-hydroxylation sites is 1. The van der Waals surface area contributed by atoms with Crippen LogP contribution in [-0.4, -0.2) is 35.1 Å². The fourth-order valence-corrected chi connectivity index (χ4v) is 7.46. The molecule has 0 radical (unpaired) electrons. The lowest BCUT2D eigenvalue weighted by Crippen LogP contribution is -2.55. The third-order valence-corrected chi connectivity index (χ3v) is 8.64. The minimum atomic E-state index is -1.34. The Kier molecular flexibility index (Phi) is 4.19. The zero-order valence-electron chi connectivity index (χ0n) is 18.8. The monoisotopic (exact) mass is 483 g/mol. The molecule has 4 heterocycles. The van der Waals surface area contributed by atoms with Crippen LogP contribution >= 0.6 is 11.6 Å². The summed E-state index contributed by atoms with van der Waals surface area (Å²) < 4.78 is 0. The molecule has 2 spiro atoms. The largest absolute Gasteiger partial charge is 0.325 e. The van der Waals surface area contributed by atoms with Crippen LogP contribution < -0.4 is 10.6 Å². The second kappa shape index (κ2) is 7.03. The van der Waals surface area contributed by atoms with E-state index in [9.17, 15) is 14.4 Å². The molecule has 2 saturated heterocycles. The van der Waals surface area contributed by atoms with Gasteiger partial charge in [-0.15, -0.1) is 0 Å². The van der Waals surface area contributed by atoms with Gasteiger partial charge in [-0.2, -0.15) is 0 Å². The smallest absolute Gasteiger partial charge is 0.250 e. The first-order chi connectivity index (χ1) is 17.0. The van der Waals surface area contributed by atoms with Crippen molar-refractivity contribution < 1.29 is 14.4 Å². The Bertz CT molecular complexity index is 1440. The highest BCUT2D eigenvalue weighted by atomic mass is 35.5. The van der Waals surface area contributed by atoms with Crippen molar-refractivity contribution in [3.63, 3.8) is 0 Å². The first-order valence-electron chi connectivity index (χ1n) is 11.9. The molecule has 2 N–H and O–H groups in total. The molecule has 0 bridgehead atoms. The number of nitrogens with one attached hydrogen (secondary N) is 2. The first kappa shape index (κ1) is 20.9. The molecule has 2 fully saturated rings. The highest BCUT2D eigenvalue weighted by Gasteiger charge is 2.78. The fraction of sp³-hybridized carbons (Fsp3) is 0.250. The topological polar surface area (TPSA) is 78.5 Å². The van der Waals surface area contributed by atoms with E-state index in [0.29, 0.717) is 40.5 Å². The molecular formula is C28H22ClN3O3. The van der Waals surface area contributed by atoms with Gasteiger partial charge < -0.3 is 10.6 Å². The Hall–Kier alpha value is -3.48.